The Bertz CT molecular complexity index is 545. The molecule has 1 unspecified atom stereocenters. The third-order valence-electron chi connectivity index (χ3n) is 2.84. The first-order chi connectivity index (χ1) is 9.22. The van der Waals surface area contributed by atoms with E-state index < -0.39 is 6.10 Å². The number of alkyl halides is 1. The van der Waals surface area contributed by atoms with Crippen LogP contribution < -0.4 is 10.1 Å². The summed E-state index contributed by atoms with van der Waals surface area (Å²) >= 11 is 5.56. The SMILES string of the molecule is CCOc1ccc2cc(NCC(O)CCl)ccc2c1. The van der Waals surface area contributed by atoms with E-state index in [0.29, 0.717) is 13.2 Å². The maximum absolute atomic E-state index is 9.42. The van der Waals surface area contributed by atoms with Crippen LogP contribution in [0.5, 0.6) is 5.75 Å². The van der Waals surface area contributed by atoms with Crippen LogP contribution in [-0.2, 0) is 0 Å². The maximum atomic E-state index is 9.42. The van der Waals surface area contributed by atoms with E-state index in [1.54, 1.807) is 0 Å². The van der Waals surface area contributed by atoms with Crippen molar-refractivity contribution in [3.63, 3.8) is 0 Å². The van der Waals surface area contributed by atoms with E-state index in [0.717, 1.165) is 22.2 Å². The Kier molecular flexibility index (Phi) is 4.88. The van der Waals surface area contributed by atoms with Crippen molar-refractivity contribution in [2.45, 2.75) is 13.0 Å². The van der Waals surface area contributed by atoms with Gasteiger partial charge in [-0.3, -0.25) is 0 Å². The molecule has 0 aromatic heterocycles. The Morgan fingerprint density at radius 1 is 1.21 bits per heavy atom. The summed E-state index contributed by atoms with van der Waals surface area (Å²) in [5.41, 5.74) is 0.973. The van der Waals surface area contributed by atoms with E-state index in [-0.39, 0.29) is 5.88 Å². The summed E-state index contributed by atoms with van der Waals surface area (Å²) in [4.78, 5) is 0. The minimum absolute atomic E-state index is 0.234. The molecule has 0 spiro atoms. The molecule has 0 saturated carbocycles. The van der Waals surface area contributed by atoms with Gasteiger partial charge in [-0.2, -0.15) is 0 Å². The molecule has 0 saturated heterocycles. The zero-order valence-corrected chi connectivity index (χ0v) is 11.7. The number of hydrogen-bond donors (Lipinski definition) is 2. The molecule has 4 heteroatoms. The average Bonchev–Trinajstić information content (AvgIpc) is 2.45. The van der Waals surface area contributed by atoms with Crippen LogP contribution in [-0.4, -0.2) is 30.2 Å². The number of hydrogen-bond acceptors (Lipinski definition) is 3. The molecule has 0 fully saturated rings. The van der Waals surface area contributed by atoms with E-state index in [1.165, 1.54) is 0 Å². The highest BCUT2D eigenvalue weighted by Crippen LogP contribution is 2.24. The van der Waals surface area contributed by atoms with Crippen LogP contribution in [0.25, 0.3) is 10.8 Å². The number of nitrogens with one attached hydrogen (secondary N) is 1. The minimum Gasteiger partial charge on any atom is -0.494 e. The van der Waals surface area contributed by atoms with Crippen LogP contribution in [0, 0.1) is 0 Å². The molecule has 1 atom stereocenters. The number of benzene rings is 2. The molecular formula is C15H18ClNO2. The summed E-state index contributed by atoms with van der Waals surface area (Å²) < 4.78 is 5.47. The van der Waals surface area contributed by atoms with Gasteiger partial charge in [-0.15, -0.1) is 11.6 Å². The Balaban J connectivity index is 2.14. The van der Waals surface area contributed by atoms with Crippen molar-refractivity contribution >= 4 is 28.1 Å². The predicted octanol–water partition coefficient (Wildman–Crippen LogP) is 3.25. The van der Waals surface area contributed by atoms with Crippen molar-refractivity contribution in [3.05, 3.63) is 36.4 Å². The standard InChI is InChI=1S/C15H18ClNO2/c1-2-19-15-6-4-11-7-13(5-3-12(11)8-15)17-10-14(18)9-16/h3-8,14,17-18H,2,9-10H2,1H3. The molecule has 102 valence electrons. The van der Waals surface area contributed by atoms with Gasteiger partial charge in [0.15, 0.2) is 0 Å². The van der Waals surface area contributed by atoms with E-state index in [9.17, 15) is 5.11 Å². The second-order valence-corrected chi connectivity index (χ2v) is 4.65. The fourth-order valence-corrected chi connectivity index (χ4v) is 1.99. The monoisotopic (exact) mass is 279 g/mol. The summed E-state index contributed by atoms with van der Waals surface area (Å²) in [5, 5.41) is 14.8. The van der Waals surface area contributed by atoms with Crippen molar-refractivity contribution in [1.29, 1.82) is 0 Å². The summed E-state index contributed by atoms with van der Waals surface area (Å²) in [6.45, 7) is 3.09. The zero-order chi connectivity index (χ0) is 13.7. The normalized spacial score (nSPS) is 12.4. The highest BCUT2D eigenvalue weighted by atomic mass is 35.5. The van der Waals surface area contributed by atoms with Gasteiger partial charge in [-0.05, 0) is 42.0 Å². The van der Waals surface area contributed by atoms with Crippen molar-refractivity contribution in [2.24, 2.45) is 0 Å². The molecule has 2 aromatic carbocycles. The van der Waals surface area contributed by atoms with Crippen LogP contribution in [0.1, 0.15) is 6.92 Å². The van der Waals surface area contributed by atoms with E-state index in [2.05, 4.69) is 5.32 Å². The summed E-state index contributed by atoms with van der Waals surface area (Å²) in [6.07, 6.45) is -0.530. The van der Waals surface area contributed by atoms with Crippen molar-refractivity contribution in [1.82, 2.24) is 0 Å². The molecule has 0 bridgehead atoms. The Morgan fingerprint density at radius 2 is 1.95 bits per heavy atom. The molecule has 0 amide bonds. The highest BCUT2D eigenvalue weighted by Gasteiger charge is 2.02. The van der Waals surface area contributed by atoms with E-state index in [1.807, 2.05) is 43.3 Å². The van der Waals surface area contributed by atoms with Gasteiger partial charge in [-0.25, -0.2) is 0 Å². The van der Waals surface area contributed by atoms with Gasteiger partial charge >= 0.3 is 0 Å². The topological polar surface area (TPSA) is 41.5 Å². The molecule has 2 rings (SSSR count). The first kappa shape index (κ1) is 14.0. The molecule has 0 aliphatic carbocycles. The molecule has 0 aliphatic rings. The van der Waals surface area contributed by atoms with E-state index >= 15 is 0 Å². The number of halogens is 1. The van der Waals surface area contributed by atoms with Gasteiger partial charge < -0.3 is 15.2 Å². The summed E-state index contributed by atoms with van der Waals surface area (Å²) in [5.74, 6) is 1.12. The first-order valence-electron chi connectivity index (χ1n) is 6.37. The fourth-order valence-electron chi connectivity index (χ4n) is 1.88. The minimum atomic E-state index is -0.530. The number of ether oxygens (including phenoxy) is 1. The molecule has 19 heavy (non-hydrogen) atoms. The van der Waals surface area contributed by atoms with E-state index in [4.69, 9.17) is 16.3 Å². The van der Waals surface area contributed by atoms with Gasteiger partial charge in [0.2, 0.25) is 0 Å². The third kappa shape index (κ3) is 3.75. The van der Waals surface area contributed by atoms with Crippen LogP contribution in [0.4, 0.5) is 5.69 Å². The molecule has 0 heterocycles. The lowest BCUT2D eigenvalue weighted by molar-refractivity contribution is 0.211. The molecule has 2 aromatic rings. The lowest BCUT2D eigenvalue weighted by Gasteiger charge is -2.11. The highest BCUT2D eigenvalue weighted by molar-refractivity contribution is 6.18. The fraction of sp³-hybridized carbons (Fsp3) is 0.333. The van der Waals surface area contributed by atoms with Crippen molar-refractivity contribution in [3.8, 4) is 5.75 Å². The van der Waals surface area contributed by atoms with Gasteiger partial charge in [-0.1, -0.05) is 12.1 Å². The average molecular weight is 280 g/mol. The van der Waals surface area contributed by atoms with Crippen LogP contribution in [0.15, 0.2) is 36.4 Å². The Hall–Kier alpha value is -1.45. The quantitative estimate of drug-likeness (QED) is 0.798. The third-order valence-corrected chi connectivity index (χ3v) is 3.20. The zero-order valence-electron chi connectivity index (χ0n) is 10.9. The van der Waals surface area contributed by atoms with Crippen LogP contribution in [0.2, 0.25) is 0 Å². The van der Waals surface area contributed by atoms with Gasteiger partial charge in [0.05, 0.1) is 18.6 Å². The lowest BCUT2D eigenvalue weighted by atomic mass is 10.1. The molecular weight excluding hydrogens is 262 g/mol. The first-order valence-corrected chi connectivity index (χ1v) is 6.91. The van der Waals surface area contributed by atoms with Crippen molar-refractivity contribution < 1.29 is 9.84 Å². The second kappa shape index (κ2) is 6.64. The van der Waals surface area contributed by atoms with Crippen molar-refractivity contribution in [2.75, 3.05) is 24.3 Å². The van der Waals surface area contributed by atoms with Gasteiger partial charge in [0.1, 0.15) is 5.75 Å². The number of rotatable bonds is 6. The molecule has 2 N–H and O–H groups in total. The number of fused-ring (bicyclic) bond motifs is 1. The van der Waals surface area contributed by atoms with Crippen LogP contribution >= 0.6 is 11.6 Å². The largest absolute Gasteiger partial charge is 0.494 e. The molecule has 0 radical (unpaired) electrons. The Labute approximate surface area is 118 Å². The summed E-state index contributed by atoms with van der Waals surface area (Å²) in [7, 11) is 0. The number of aliphatic hydroxyl groups is 1. The number of anilines is 1. The second-order valence-electron chi connectivity index (χ2n) is 4.35. The Morgan fingerprint density at radius 3 is 2.68 bits per heavy atom. The number of aliphatic hydroxyl groups excluding tert-OH is 1. The smallest absolute Gasteiger partial charge is 0.119 e. The van der Waals surface area contributed by atoms with Crippen LogP contribution in [0.3, 0.4) is 0 Å². The molecule has 0 aliphatic heterocycles. The predicted molar refractivity (Wildman–Crippen MR) is 80.3 cm³/mol. The van der Waals surface area contributed by atoms with Gasteiger partial charge in [0, 0.05) is 12.2 Å². The molecule has 3 nitrogen and oxygen atoms in total. The van der Waals surface area contributed by atoms with Gasteiger partial charge in [0.25, 0.3) is 0 Å². The summed E-state index contributed by atoms with van der Waals surface area (Å²) in [6, 6.07) is 12.1. The lowest BCUT2D eigenvalue weighted by Crippen LogP contribution is -2.20. The maximum Gasteiger partial charge on any atom is 0.119 e.